The summed E-state index contributed by atoms with van der Waals surface area (Å²) in [5.74, 6) is 0. The molecule has 0 saturated heterocycles. The first-order valence-corrected chi connectivity index (χ1v) is 5.01. The first-order chi connectivity index (χ1) is 6.61. The standard InChI is InChI=1S/C10H19N3O/c1-4-13-9(5-7-12-13)10(2,14)6-8-11-3/h5,7,11,14H,4,6,8H2,1-3H3. The number of nitrogens with zero attached hydrogens (tertiary/aromatic N) is 2. The van der Waals surface area contributed by atoms with Crippen LogP contribution in [0.3, 0.4) is 0 Å². The topological polar surface area (TPSA) is 50.1 Å². The normalized spacial score (nSPS) is 15.4. The highest BCUT2D eigenvalue weighted by molar-refractivity contribution is 5.10. The molecule has 0 bridgehead atoms. The number of aromatic nitrogens is 2. The summed E-state index contributed by atoms with van der Waals surface area (Å²) in [5.41, 5.74) is 0.0884. The third-order valence-electron chi connectivity index (χ3n) is 2.43. The summed E-state index contributed by atoms with van der Waals surface area (Å²) in [6, 6.07) is 1.87. The molecule has 0 radical (unpaired) electrons. The Hall–Kier alpha value is -0.870. The van der Waals surface area contributed by atoms with Crippen LogP contribution in [0, 0.1) is 0 Å². The van der Waals surface area contributed by atoms with Crippen LogP contribution >= 0.6 is 0 Å². The molecule has 0 fully saturated rings. The van der Waals surface area contributed by atoms with Gasteiger partial charge in [0, 0.05) is 12.7 Å². The zero-order valence-electron chi connectivity index (χ0n) is 9.12. The first kappa shape index (κ1) is 11.2. The Kier molecular flexibility index (Phi) is 3.66. The molecule has 0 aliphatic carbocycles. The van der Waals surface area contributed by atoms with Gasteiger partial charge in [0.05, 0.1) is 5.69 Å². The third kappa shape index (κ3) is 2.33. The average molecular weight is 197 g/mol. The van der Waals surface area contributed by atoms with Crippen molar-refractivity contribution in [1.82, 2.24) is 15.1 Å². The van der Waals surface area contributed by atoms with Gasteiger partial charge < -0.3 is 10.4 Å². The molecule has 1 aromatic rings. The molecule has 0 aliphatic heterocycles. The molecular weight excluding hydrogens is 178 g/mol. The predicted molar refractivity (Wildman–Crippen MR) is 56.0 cm³/mol. The Bertz CT molecular complexity index is 281. The molecule has 1 rings (SSSR count). The van der Waals surface area contributed by atoms with Gasteiger partial charge in [-0.15, -0.1) is 0 Å². The van der Waals surface area contributed by atoms with Crippen molar-refractivity contribution >= 4 is 0 Å². The zero-order chi connectivity index (χ0) is 10.6. The summed E-state index contributed by atoms with van der Waals surface area (Å²) < 4.78 is 1.83. The fourth-order valence-corrected chi connectivity index (χ4v) is 1.54. The van der Waals surface area contributed by atoms with Gasteiger partial charge in [0.2, 0.25) is 0 Å². The second-order valence-electron chi connectivity index (χ2n) is 3.66. The first-order valence-electron chi connectivity index (χ1n) is 5.01. The molecule has 2 N–H and O–H groups in total. The summed E-state index contributed by atoms with van der Waals surface area (Å²) in [6.45, 7) is 5.43. The van der Waals surface area contributed by atoms with E-state index in [9.17, 15) is 5.11 Å². The van der Waals surface area contributed by atoms with Crippen LogP contribution in [0.5, 0.6) is 0 Å². The van der Waals surface area contributed by atoms with Gasteiger partial charge in [-0.3, -0.25) is 4.68 Å². The van der Waals surface area contributed by atoms with Crippen LogP contribution in [0.15, 0.2) is 12.3 Å². The van der Waals surface area contributed by atoms with Crippen LogP contribution in [0.4, 0.5) is 0 Å². The highest BCUT2D eigenvalue weighted by Crippen LogP contribution is 2.23. The Morgan fingerprint density at radius 1 is 1.64 bits per heavy atom. The van der Waals surface area contributed by atoms with Crippen LogP contribution in [0.25, 0.3) is 0 Å². The van der Waals surface area contributed by atoms with Crippen LogP contribution in [0.1, 0.15) is 26.0 Å². The van der Waals surface area contributed by atoms with Crippen molar-refractivity contribution < 1.29 is 5.11 Å². The van der Waals surface area contributed by atoms with E-state index in [1.807, 2.05) is 31.6 Å². The molecule has 1 heterocycles. The van der Waals surface area contributed by atoms with E-state index < -0.39 is 5.60 Å². The number of aryl methyl sites for hydroxylation is 1. The second kappa shape index (κ2) is 4.57. The summed E-state index contributed by atoms with van der Waals surface area (Å²) in [5, 5.41) is 17.4. The molecule has 4 heteroatoms. The van der Waals surface area contributed by atoms with Crippen molar-refractivity contribution in [3.63, 3.8) is 0 Å². The molecule has 4 nitrogen and oxygen atoms in total. The van der Waals surface area contributed by atoms with Gasteiger partial charge in [-0.2, -0.15) is 5.10 Å². The Labute approximate surface area is 84.9 Å². The molecule has 1 aromatic heterocycles. The smallest absolute Gasteiger partial charge is 0.105 e. The number of rotatable bonds is 5. The Morgan fingerprint density at radius 2 is 2.36 bits per heavy atom. The molecule has 0 amide bonds. The van der Waals surface area contributed by atoms with Crippen molar-refractivity contribution in [2.24, 2.45) is 0 Å². The Morgan fingerprint density at radius 3 is 2.93 bits per heavy atom. The van der Waals surface area contributed by atoms with Crippen LogP contribution in [-0.2, 0) is 12.1 Å². The second-order valence-corrected chi connectivity index (χ2v) is 3.66. The lowest BCUT2D eigenvalue weighted by Crippen LogP contribution is -2.29. The van der Waals surface area contributed by atoms with Crippen molar-refractivity contribution in [3.8, 4) is 0 Å². The Balaban J connectivity index is 2.79. The molecule has 0 aliphatic rings. The lowest BCUT2D eigenvalue weighted by Gasteiger charge is -2.23. The molecule has 1 atom stereocenters. The van der Waals surface area contributed by atoms with E-state index >= 15 is 0 Å². The van der Waals surface area contributed by atoms with Gasteiger partial charge in [0.15, 0.2) is 0 Å². The number of hydrogen-bond donors (Lipinski definition) is 2. The fourth-order valence-electron chi connectivity index (χ4n) is 1.54. The maximum Gasteiger partial charge on any atom is 0.105 e. The van der Waals surface area contributed by atoms with Crippen LogP contribution in [0.2, 0.25) is 0 Å². The maximum absolute atomic E-state index is 10.2. The minimum atomic E-state index is -0.796. The summed E-state index contributed by atoms with van der Waals surface area (Å²) in [6.07, 6.45) is 2.42. The maximum atomic E-state index is 10.2. The largest absolute Gasteiger partial charge is 0.384 e. The lowest BCUT2D eigenvalue weighted by molar-refractivity contribution is 0.0392. The quantitative estimate of drug-likeness (QED) is 0.731. The average Bonchev–Trinajstić information content (AvgIpc) is 2.63. The molecule has 0 aromatic carbocycles. The minimum absolute atomic E-state index is 0.690. The van der Waals surface area contributed by atoms with E-state index in [0.29, 0.717) is 6.42 Å². The molecule has 0 saturated carbocycles. The third-order valence-corrected chi connectivity index (χ3v) is 2.43. The number of aliphatic hydroxyl groups is 1. The molecule has 0 spiro atoms. The van der Waals surface area contributed by atoms with E-state index in [2.05, 4.69) is 10.4 Å². The molecular formula is C10H19N3O. The monoisotopic (exact) mass is 197 g/mol. The molecule has 80 valence electrons. The predicted octanol–water partition coefficient (Wildman–Crippen LogP) is 0.720. The van der Waals surface area contributed by atoms with Gasteiger partial charge in [-0.1, -0.05) is 0 Å². The number of hydrogen-bond acceptors (Lipinski definition) is 3. The highest BCUT2D eigenvalue weighted by atomic mass is 16.3. The SMILES string of the molecule is CCn1nccc1C(C)(O)CCNC. The van der Waals surface area contributed by atoms with E-state index in [-0.39, 0.29) is 0 Å². The van der Waals surface area contributed by atoms with Crippen molar-refractivity contribution in [2.75, 3.05) is 13.6 Å². The van der Waals surface area contributed by atoms with Crippen molar-refractivity contribution in [2.45, 2.75) is 32.4 Å². The van der Waals surface area contributed by atoms with Crippen molar-refractivity contribution in [1.29, 1.82) is 0 Å². The zero-order valence-corrected chi connectivity index (χ0v) is 9.12. The van der Waals surface area contributed by atoms with E-state index in [0.717, 1.165) is 18.8 Å². The lowest BCUT2D eigenvalue weighted by atomic mass is 9.98. The summed E-state index contributed by atoms with van der Waals surface area (Å²) in [7, 11) is 1.88. The van der Waals surface area contributed by atoms with Gasteiger partial charge in [-0.05, 0) is 39.9 Å². The summed E-state index contributed by atoms with van der Waals surface area (Å²) >= 11 is 0. The van der Waals surface area contributed by atoms with Gasteiger partial charge in [-0.25, -0.2) is 0 Å². The van der Waals surface area contributed by atoms with E-state index in [1.165, 1.54) is 0 Å². The fraction of sp³-hybridized carbons (Fsp3) is 0.700. The molecule has 1 unspecified atom stereocenters. The minimum Gasteiger partial charge on any atom is -0.384 e. The van der Waals surface area contributed by atoms with Crippen molar-refractivity contribution in [3.05, 3.63) is 18.0 Å². The van der Waals surface area contributed by atoms with Crippen LogP contribution < -0.4 is 5.32 Å². The van der Waals surface area contributed by atoms with Gasteiger partial charge >= 0.3 is 0 Å². The highest BCUT2D eigenvalue weighted by Gasteiger charge is 2.25. The van der Waals surface area contributed by atoms with E-state index in [4.69, 9.17) is 0 Å². The summed E-state index contributed by atoms with van der Waals surface area (Å²) in [4.78, 5) is 0. The van der Waals surface area contributed by atoms with Crippen LogP contribution in [-0.4, -0.2) is 28.5 Å². The van der Waals surface area contributed by atoms with Gasteiger partial charge in [0.25, 0.3) is 0 Å². The van der Waals surface area contributed by atoms with Gasteiger partial charge in [0.1, 0.15) is 5.60 Å². The molecule has 14 heavy (non-hydrogen) atoms. The number of nitrogens with one attached hydrogen (secondary N) is 1. The van der Waals surface area contributed by atoms with E-state index in [1.54, 1.807) is 6.20 Å².